The van der Waals surface area contributed by atoms with Crippen molar-refractivity contribution < 1.29 is 4.42 Å². The number of fused-ring (bicyclic) bond motifs is 1. The Balaban J connectivity index is 1.35. The first-order chi connectivity index (χ1) is 10.9. The average molecular weight is 300 g/mol. The molecule has 0 spiro atoms. The van der Waals surface area contributed by atoms with Gasteiger partial charge in [-0.15, -0.1) is 0 Å². The Labute approximate surface area is 131 Å². The van der Waals surface area contributed by atoms with Crippen LogP contribution in [0, 0.1) is 5.92 Å². The van der Waals surface area contributed by atoms with Crippen molar-refractivity contribution in [3.8, 4) is 0 Å². The molecule has 0 aliphatic carbocycles. The Morgan fingerprint density at radius 3 is 2.64 bits per heavy atom. The quantitative estimate of drug-likeness (QED) is 0.938. The van der Waals surface area contributed by atoms with Crippen LogP contribution in [0.5, 0.6) is 0 Å². The lowest BCUT2D eigenvalue weighted by Crippen LogP contribution is -2.48. The van der Waals surface area contributed by atoms with Gasteiger partial charge in [0.1, 0.15) is 5.52 Å². The molecule has 0 radical (unpaired) electrons. The minimum Gasteiger partial charge on any atom is -0.423 e. The van der Waals surface area contributed by atoms with E-state index in [0.29, 0.717) is 0 Å². The van der Waals surface area contributed by atoms with Crippen molar-refractivity contribution in [3.63, 3.8) is 0 Å². The van der Waals surface area contributed by atoms with E-state index in [0.717, 1.165) is 49.2 Å². The van der Waals surface area contributed by atoms with Crippen molar-refractivity contribution in [2.75, 3.05) is 50.7 Å². The van der Waals surface area contributed by atoms with Crippen molar-refractivity contribution in [1.82, 2.24) is 15.2 Å². The van der Waals surface area contributed by atoms with E-state index >= 15 is 0 Å². The second-order valence-corrected chi connectivity index (χ2v) is 6.45. The predicted molar refractivity (Wildman–Crippen MR) is 88.3 cm³/mol. The molecule has 0 unspecified atom stereocenters. The van der Waals surface area contributed by atoms with Gasteiger partial charge in [0.25, 0.3) is 6.01 Å². The first-order valence-corrected chi connectivity index (χ1v) is 8.42. The number of aromatic nitrogens is 1. The van der Waals surface area contributed by atoms with Gasteiger partial charge in [-0.2, -0.15) is 4.98 Å². The minimum absolute atomic E-state index is 0.780. The highest BCUT2D eigenvalue weighted by atomic mass is 16.4. The molecule has 5 heteroatoms. The number of rotatable bonds is 3. The molecule has 0 amide bonds. The first kappa shape index (κ1) is 14.0. The summed E-state index contributed by atoms with van der Waals surface area (Å²) in [6.07, 6.45) is 2.65. The number of para-hydroxylation sites is 2. The van der Waals surface area contributed by atoms with E-state index in [1.165, 1.54) is 32.5 Å². The van der Waals surface area contributed by atoms with E-state index in [2.05, 4.69) is 20.1 Å². The highest BCUT2D eigenvalue weighted by Crippen LogP contribution is 2.23. The Kier molecular flexibility index (Phi) is 3.99. The molecule has 22 heavy (non-hydrogen) atoms. The topological polar surface area (TPSA) is 44.5 Å². The van der Waals surface area contributed by atoms with E-state index in [9.17, 15) is 0 Å². The van der Waals surface area contributed by atoms with E-state index < -0.39 is 0 Å². The molecule has 0 bridgehead atoms. The Morgan fingerprint density at radius 2 is 1.86 bits per heavy atom. The van der Waals surface area contributed by atoms with Crippen LogP contribution < -0.4 is 10.2 Å². The highest BCUT2D eigenvalue weighted by Gasteiger charge is 2.23. The van der Waals surface area contributed by atoms with Crippen LogP contribution in [0.4, 0.5) is 6.01 Å². The maximum absolute atomic E-state index is 5.88. The number of hydrogen-bond donors (Lipinski definition) is 1. The Bertz CT molecular complexity index is 579. The fourth-order valence-corrected chi connectivity index (χ4v) is 3.55. The number of benzene rings is 1. The molecule has 4 rings (SSSR count). The van der Waals surface area contributed by atoms with Crippen LogP contribution in [0.2, 0.25) is 0 Å². The van der Waals surface area contributed by atoms with Crippen molar-refractivity contribution in [3.05, 3.63) is 24.3 Å². The van der Waals surface area contributed by atoms with E-state index in [1.807, 2.05) is 24.3 Å². The summed E-state index contributed by atoms with van der Waals surface area (Å²) in [7, 11) is 0. The fraction of sp³-hybridized carbons (Fsp3) is 0.588. The molecule has 2 saturated heterocycles. The first-order valence-electron chi connectivity index (χ1n) is 8.42. The molecule has 2 aromatic rings. The number of anilines is 1. The Hall–Kier alpha value is -1.59. The Morgan fingerprint density at radius 1 is 1.09 bits per heavy atom. The summed E-state index contributed by atoms with van der Waals surface area (Å²) in [6, 6.07) is 8.78. The van der Waals surface area contributed by atoms with Crippen LogP contribution in [0.1, 0.15) is 12.8 Å². The third-order valence-corrected chi connectivity index (χ3v) is 4.90. The second kappa shape index (κ2) is 6.26. The molecule has 2 aliphatic heterocycles. The van der Waals surface area contributed by atoms with Gasteiger partial charge < -0.3 is 14.6 Å². The highest BCUT2D eigenvalue weighted by molar-refractivity contribution is 5.74. The summed E-state index contributed by atoms with van der Waals surface area (Å²) in [6.45, 7) is 7.88. The van der Waals surface area contributed by atoms with Crippen LogP contribution in [0.25, 0.3) is 11.1 Å². The van der Waals surface area contributed by atoms with Gasteiger partial charge in [-0.3, -0.25) is 4.90 Å². The van der Waals surface area contributed by atoms with Gasteiger partial charge in [-0.25, -0.2) is 0 Å². The maximum Gasteiger partial charge on any atom is 0.298 e. The molecule has 2 aliphatic rings. The lowest BCUT2D eigenvalue weighted by molar-refractivity contribution is 0.194. The molecule has 1 aromatic carbocycles. The van der Waals surface area contributed by atoms with Gasteiger partial charge in [0, 0.05) is 32.7 Å². The van der Waals surface area contributed by atoms with Crippen LogP contribution in [-0.2, 0) is 0 Å². The normalized spacial score (nSPS) is 21.5. The van der Waals surface area contributed by atoms with Gasteiger partial charge >= 0.3 is 0 Å². The van der Waals surface area contributed by atoms with Gasteiger partial charge in [-0.05, 0) is 44.0 Å². The van der Waals surface area contributed by atoms with E-state index in [1.54, 1.807) is 0 Å². The summed E-state index contributed by atoms with van der Waals surface area (Å²) in [5.74, 6) is 0.872. The molecular formula is C17H24N4O. The summed E-state index contributed by atoms with van der Waals surface area (Å²) in [5, 5.41) is 3.45. The van der Waals surface area contributed by atoms with Crippen molar-refractivity contribution in [2.24, 2.45) is 5.92 Å². The monoisotopic (exact) mass is 300 g/mol. The number of piperazine rings is 1. The lowest BCUT2D eigenvalue weighted by atomic mass is 9.97. The molecule has 3 heterocycles. The molecule has 118 valence electrons. The molecular weight excluding hydrogens is 276 g/mol. The summed E-state index contributed by atoms with van der Waals surface area (Å²) < 4.78 is 5.88. The van der Waals surface area contributed by atoms with Gasteiger partial charge in [-0.1, -0.05) is 12.1 Å². The van der Waals surface area contributed by atoms with Crippen LogP contribution >= 0.6 is 0 Å². The number of oxazole rings is 1. The van der Waals surface area contributed by atoms with Crippen LogP contribution in [0.15, 0.2) is 28.7 Å². The van der Waals surface area contributed by atoms with Crippen LogP contribution in [-0.4, -0.2) is 55.7 Å². The summed E-state index contributed by atoms with van der Waals surface area (Å²) in [4.78, 5) is 9.49. The van der Waals surface area contributed by atoms with E-state index in [4.69, 9.17) is 4.42 Å². The predicted octanol–water partition coefficient (Wildman–Crippen LogP) is 1.95. The molecule has 5 nitrogen and oxygen atoms in total. The summed E-state index contributed by atoms with van der Waals surface area (Å²) >= 11 is 0. The number of nitrogens with one attached hydrogen (secondary N) is 1. The lowest BCUT2D eigenvalue weighted by Gasteiger charge is -2.36. The molecule has 1 N–H and O–H groups in total. The zero-order valence-corrected chi connectivity index (χ0v) is 13.0. The number of nitrogens with zero attached hydrogens (tertiary/aromatic N) is 3. The molecule has 1 aromatic heterocycles. The van der Waals surface area contributed by atoms with Crippen molar-refractivity contribution >= 4 is 17.1 Å². The van der Waals surface area contributed by atoms with Gasteiger partial charge in [0.15, 0.2) is 5.58 Å². The average Bonchev–Trinajstić information content (AvgIpc) is 3.00. The van der Waals surface area contributed by atoms with Crippen molar-refractivity contribution in [2.45, 2.75) is 12.8 Å². The summed E-state index contributed by atoms with van der Waals surface area (Å²) in [5.41, 5.74) is 1.84. The largest absolute Gasteiger partial charge is 0.423 e. The number of hydrogen-bond acceptors (Lipinski definition) is 5. The SMILES string of the molecule is c1ccc2oc(N3CCN(CC4CCNCC4)CC3)nc2c1. The third kappa shape index (κ3) is 2.96. The smallest absolute Gasteiger partial charge is 0.298 e. The fourth-order valence-electron chi connectivity index (χ4n) is 3.55. The second-order valence-electron chi connectivity index (χ2n) is 6.45. The van der Waals surface area contributed by atoms with Gasteiger partial charge in [0.2, 0.25) is 0 Å². The van der Waals surface area contributed by atoms with Crippen LogP contribution in [0.3, 0.4) is 0 Å². The zero-order chi connectivity index (χ0) is 14.8. The van der Waals surface area contributed by atoms with Crippen molar-refractivity contribution in [1.29, 1.82) is 0 Å². The number of piperidine rings is 1. The molecule has 0 atom stereocenters. The minimum atomic E-state index is 0.780. The molecule has 2 fully saturated rings. The molecule has 0 saturated carbocycles. The third-order valence-electron chi connectivity index (χ3n) is 4.90. The standard InChI is InChI=1S/C17H24N4O/c1-2-4-16-15(3-1)19-17(22-16)21-11-9-20(10-12-21)13-14-5-7-18-8-6-14/h1-4,14,18H,5-13H2. The van der Waals surface area contributed by atoms with E-state index in [-0.39, 0.29) is 0 Å². The van der Waals surface area contributed by atoms with Gasteiger partial charge in [0.05, 0.1) is 0 Å². The zero-order valence-electron chi connectivity index (χ0n) is 13.0. The maximum atomic E-state index is 5.88.